The monoisotopic (exact) mass is 555 g/mol. The number of benzene rings is 3. The van der Waals surface area contributed by atoms with Crippen molar-refractivity contribution in [3.8, 4) is 0 Å². The van der Waals surface area contributed by atoms with Crippen LogP contribution in [0.3, 0.4) is 0 Å². The van der Waals surface area contributed by atoms with Crippen molar-refractivity contribution in [1.29, 1.82) is 0 Å². The molecule has 0 aliphatic carbocycles. The molecule has 9 heteroatoms. The van der Waals surface area contributed by atoms with Gasteiger partial charge in [-0.15, -0.1) is 0 Å². The van der Waals surface area contributed by atoms with Gasteiger partial charge in [-0.1, -0.05) is 71.8 Å². The number of carbonyl (C=O) groups is 2. The minimum atomic E-state index is -3.58. The Morgan fingerprint density at radius 3 is 2.21 bits per heavy atom. The van der Waals surface area contributed by atoms with E-state index >= 15 is 0 Å². The van der Waals surface area contributed by atoms with Gasteiger partial charge in [-0.3, -0.25) is 13.9 Å². The highest BCUT2D eigenvalue weighted by Gasteiger charge is 2.30. The summed E-state index contributed by atoms with van der Waals surface area (Å²) >= 11 is 5.96. The number of nitrogens with one attached hydrogen (secondary N) is 1. The molecule has 0 aliphatic rings. The highest BCUT2D eigenvalue weighted by Crippen LogP contribution is 2.22. The van der Waals surface area contributed by atoms with Crippen LogP contribution in [0.5, 0.6) is 0 Å². The molecule has 0 spiro atoms. The van der Waals surface area contributed by atoms with E-state index in [2.05, 4.69) is 5.32 Å². The van der Waals surface area contributed by atoms with Gasteiger partial charge in [0.1, 0.15) is 6.04 Å². The van der Waals surface area contributed by atoms with Crippen LogP contribution in [0.15, 0.2) is 78.9 Å². The molecule has 1 unspecified atom stereocenters. The summed E-state index contributed by atoms with van der Waals surface area (Å²) in [5, 5.41) is 3.21. The minimum Gasteiger partial charge on any atom is -0.357 e. The third-order valence-corrected chi connectivity index (χ3v) is 7.67. The fourth-order valence-corrected chi connectivity index (χ4v) is 5.43. The van der Waals surface area contributed by atoms with Crippen molar-refractivity contribution in [3.05, 3.63) is 101 Å². The molecule has 7 nitrogen and oxygen atoms in total. The molecule has 0 saturated carbocycles. The number of amides is 2. The Labute approximate surface area is 230 Å². The number of halogens is 1. The normalized spacial score (nSPS) is 12.0. The number of carbonyl (C=O) groups excluding carboxylic acids is 2. The summed E-state index contributed by atoms with van der Waals surface area (Å²) in [6.45, 7) is 2.36. The lowest BCUT2D eigenvalue weighted by Gasteiger charge is -2.31. The van der Waals surface area contributed by atoms with Crippen LogP contribution in [-0.4, -0.2) is 51.0 Å². The molecular weight excluding hydrogens is 522 g/mol. The van der Waals surface area contributed by atoms with E-state index in [0.29, 0.717) is 17.1 Å². The van der Waals surface area contributed by atoms with Crippen molar-refractivity contribution in [2.45, 2.75) is 38.8 Å². The van der Waals surface area contributed by atoms with Gasteiger partial charge in [0.15, 0.2) is 0 Å². The second kappa shape index (κ2) is 13.4. The number of nitrogens with zero attached hydrogens (tertiary/aromatic N) is 2. The van der Waals surface area contributed by atoms with Gasteiger partial charge in [-0.05, 0) is 48.7 Å². The summed E-state index contributed by atoms with van der Waals surface area (Å²) in [5.41, 5.74) is 3.39. The lowest BCUT2D eigenvalue weighted by atomic mass is 10.0. The zero-order valence-corrected chi connectivity index (χ0v) is 23.5. The van der Waals surface area contributed by atoms with Crippen LogP contribution in [0.4, 0.5) is 5.69 Å². The largest absolute Gasteiger partial charge is 0.357 e. The van der Waals surface area contributed by atoms with E-state index in [1.165, 1.54) is 4.31 Å². The van der Waals surface area contributed by atoms with E-state index in [-0.39, 0.29) is 37.7 Å². The molecule has 0 radical (unpaired) electrons. The van der Waals surface area contributed by atoms with Crippen molar-refractivity contribution < 1.29 is 18.0 Å². The van der Waals surface area contributed by atoms with Gasteiger partial charge in [-0.2, -0.15) is 0 Å². The molecule has 1 N–H and O–H groups in total. The third-order valence-electron chi connectivity index (χ3n) is 6.22. The molecule has 3 rings (SSSR count). The van der Waals surface area contributed by atoms with E-state index in [4.69, 9.17) is 11.6 Å². The maximum absolute atomic E-state index is 13.7. The third kappa shape index (κ3) is 8.33. The van der Waals surface area contributed by atoms with Crippen molar-refractivity contribution in [3.63, 3.8) is 0 Å². The highest BCUT2D eigenvalue weighted by molar-refractivity contribution is 7.92. The molecule has 0 bridgehead atoms. The van der Waals surface area contributed by atoms with Crippen molar-refractivity contribution in [2.75, 3.05) is 24.2 Å². The quantitative estimate of drug-likeness (QED) is 0.354. The molecule has 0 aromatic heterocycles. The van der Waals surface area contributed by atoms with Gasteiger partial charge >= 0.3 is 0 Å². The minimum absolute atomic E-state index is 0.0771. The van der Waals surface area contributed by atoms with Gasteiger partial charge in [0.2, 0.25) is 21.8 Å². The van der Waals surface area contributed by atoms with Crippen molar-refractivity contribution >= 4 is 39.1 Å². The summed E-state index contributed by atoms with van der Waals surface area (Å²) in [5.74, 6) is -0.477. The maximum atomic E-state index is 13.7. The molecule has 2 amide bonds. The van der Waals surface area contributed by atoms with E-state index in [1.807, 2.05) is 61.5 Å². The predicted octanol–water partition coefficient (Wildman–Crippen LogP) is 4.58. The first-order valence-electron chi connectivity index (χ1n) is 12.4. The number of aryl methyl sites for hydroxylation is 1. The molecule has 0 aliphatic heterocycles. The summed E-state index contributed by atoms with van der Waals surface area (Å²) in [6, 6.07) is 23.2. The molecule has 3 aromatic carbocycles. The number of likely N-dealkylation sites (N-methyl/N-ethyl adjacent to an activating group) is 1. The van der Waals surface area contributed by atoms with E-state index < -0.39 is 16.1 Å². The van der Waals surface area contributed by atoms with E-state index in [0.717, 1.165) is 22.9 Å². The average Bonchev–Trinajstić information content (AvgIpc) is 2.88. The van der Waals surface area contributed by atoms with Gasteiger partial charge in [0, 0.05) is 38.0 Å². The van der Waals surface area contributed by atoms with Crippen LogP contribution < -0.4 is 9.62 Å². The summed E-state index contributed by atoms with van der Waals surface area (Å²) < 4.78 is 26.2. The van der Waals surface area contributed by atoms with Crippen LogP contribution in [-0.2, 0) is 32.6 Å². The first-order valence-corrected chi connectivity index (χ1v) is 14.6. The molecule has 0 saturated heterocycles. The first-order chi connectivity index (χ1) is 18.1. The predicted molar refractivity (Wildman–Crippen MR) is 153 cm³/mol. The number of anilines is 1. The molecule has 0 heterocycles. The average molecular weight is 556 g/mol. The Morgan fingerprint density at radius 1 is 0.947 bits per heavy atom. The summed E-state index contributed by atoms with van der Waals surface area (Å²) in [4.78, 5) is 28.3. The second-order valence-corrected chi connectivity index (χ2v) is 11.6. The highest BCUT2D eigenvalue weighted by atomic mass is 35.5. The number of sulfonamides is 1. The summed E-state index contributed by atoms with van der Waals surface area (Å²) in [7, 11) is -2.01. The van der Waals surface area contributed by atoms with Crippen molar-refractivity contribution in [2.24, 2.45) is 0 Å². The Morgan fingerprint density at radius 2 is 1.61 bits per heavy atom. The van der Waals surface area contributed by atoms with Crippen LogP contribution in [0.2, 0.25) is 5.02 Å². The Hall–Kier alpha value is -3.36. The van der Waals surface area contributed by atoms with Crippen LogP contribution >= 0.6 is 11.6 Å². The number of hydrogen-bond acceptors (Lipinski definition) is 4. The lowest BCUT2D eigenvalue weighted by molar-refractivity contribution is -0.141. The van der Waals surface area contributed by atoms with E-state index in [9.17, 15) is 18.0 Å². The number of hydrogen-bond donors (Lipinski definition) is 1. The molecule has 1 atom stereocenters. The van der Waals surface area contributed by atoms with Gasteiger partial charge < -0.3 is 10.2 Å². The lowest BCUT2D eigenvalue weighted by Crippen LogP contribution is -2.49. The Balaban J connectivity index is 1.84. The van der Waals surface area contributed by atoms with Gasteiger partial charge in [0.25, 0.3) is 0 Å². The zero-order valence-electron chi connectivity index (χ0n) is 21.9. The molecule has 38 heavy (non-hydrogen) atoms. The Kier molecular flexibility index (Phi) is 10.3. The maximum Gasteiger partial charge on any atom is 0.242 e. The van der Waals surface area contributed by atoms with Gasteiger partial charge in [0.05, 0.1) is 11.9 Å². The first kappa shape index (κ1) is 29.2. The fourth-order valence-electron chi connectivity index (χ4n) is 4.34. The van der Waals surface area contributed by atoms with Crippen LogP contribution in [0.25, 0.3) is 0 Å². The topological polar surface area (TPSA) is 86.8 Å². The molecule has 3 aromatic rings. The smallest absolute Gasteiger partial charge is 0.242 e. The second-order valence-electron chi connectivity index (χ2n) is 9.25. The standard InChI is InChI=1S/C29H34ClN3O4S/c1-22-9-7-12-24(19-22)21-32(27(29(35)31-2)20-23-10-5-4-6-11-23)28(34)13-8-18-33(38(3,36)37)26-16-14-25(30)15-17-26/h4-7,9-12,14-17,19,27H,8,13,18,20-21H2,1-3H3,(H,31,35). The SMILES string of the molecule is CNC(=O)C(Cc1ccccc1)N(Cc1cccc(C)c1)C(=O)CCCN(c1ccc(Cl)cc1)S(C)(=O)=O. The fraction of sp³-hybridized carbons (Fsp3) is 0.310. The number of rotatable bonds is 12. The van der Waals surface area contributed by atoms with Crippen LogP contribution in [0.1, 0.15) is 29.5 Å². The van der Waals surface area contributed by atoms with Gasteiger partial charge in [-0.25, -0.2) is 8.42 Å². The summed E-state index contributed by atoms with van der Waals surface area (Å²) in [6.07, 6.45) is 1.85. The molecule has 202 valence electrons. The molecular formula is C29H34ClN3O4S. The molecule has 0 fully saturated rings. The zero-order chi connectivity index (χ0) is 27.7. The van der Waals surface area contributed by atoms with E-state index in [1.54, 1.807) is 36.2 Å². The Bertz CT molecular complexity index is 1330. The van der Waals surface area contributed by atoms with Crippen LogP contribution in [0, 0.1) is 6.92 Å². The van der Waals surface area contributed by atoms with Crippen molar-refractivity contribution in [1.82, 2.24) is 10.2 Å².